The SMILES string of the molecule is CNC(=O)CO[C@H]1C[C@@H](OC(C)=O)[C@H](O[C@@H]2O[C@H](CO)[C@H](OC(C)=O)[C@H](OC(C)=O)[C@H]2OC(C)=O)[C@@H](COC(C)=O)O1. The summed E-state index contributed by atoms with van der Waals surface area (Å²) in [6.07, 6.45) is -12.4. The highest BCUT2D eigenvalue weighted by atomic mass is 16.8. The van der Waals surface area contributed by atoms with Crippen molar-refractivity contribution in [3.05, 3.63) is 0 Å². The maximum Gasteiger partial charge on any atom is 0.303 e. The Hall–Kier alpha value is -3.38. The van der Waals surface area contributed by atoms with Gasteiger partial charge in [0.2, 0.25) is 5.91 Å². The summed E-state index contributed by atoms with van der Waals surface area (Å²) in [6.45, 7) is 3.90. The summed E-state index contributed by atoms with van der Waals surface area (Å²) in [4.78, 5) is 71.2. The second-order valence-electron chi connectivity index (χ2n) is 9.32. The van der Waals surface area contributed by atoms with E-state index in [0.29, 0.717) is 0 Å². The average molecular weight is 608 g/mol. The maximum atomic E-state index is 12.1. The third-order valence-electron chi connectivity index (χ3n) is 5.90. The highest BCUT2D eigenvalue weighted by molar-refractivity contribution is 5.76. The Morgan fingerprint density at radius 1 is 0.738 bits per heavy atom. The van der Waals surface area contributed by atoms with E-state index < -0.39 is 111 Å². The van der Waals surface area contributed by atoms with Crippen LogP contribution in [0.2, 0.25) is 0 Å². The van der Waals surface area contributed by atoms with Gasteiger partial charge in [-0.25, -0.2) is 0 Å². The molecule has 0 unspecified atom stereocenters. The Balaban J connectivity index is 2.49. The summed E-state index contributed by atoms with van der Waals surface area (Å²) >= 11 is 0. The molecule has 2 rings (SSSR count). The Kier molecular flexibility index (Phi) is 13.5. The number of likely N-dealkylation sites (N-methyl/N-ethyl adjacent to an activating group) is 1. The maximum absolute atomic E-state index is 12.1. The van der Waals surface area contributed by atoms with Gasteiger partial charge in [0.1, 0.15) is 37.6 Å². The van der Waals surface area contributed by atoms with Crippen molar-refractivity contribution in [2.75, 3.05) is 26.9 Å². The Morgan fingerprint density at radius 3 is 1.83 bits per heavy atom. The van der Waals surface area contributed by atoms with Crippen LogP contribution in [0.5, 0.6) is 0 Å². The van der Waals surface area contributed by atoms with Crippen LogP contribution in [-0.4, -0.2) is 123 Å². The number of hydrogen-bond acceptors (Lipinski definition) is 16. The number of amides is 1. The van der Waals surface area contributed by atoms with Gasteiger partial charge in [0.15, 0.2) is 30.9 Å². The molecule has 2 N–H and O–H groups in total. The fourth-order valence-corrected chi connectivity index (χ4v) is 4.34. The van der Waals surface area contributed by atoms with Gasteiger partial charge in [-0.3, -0.25) is 28.8 Å². The van der Waals surface area contributed by atoms with Crippen molar-refractivity contribution in [3.63, 3.8) is 0 Å². The molecule has 0 aliphatic carbocycles. The molecule has 2 aliphatic heterocycles. The fourth-order valence-electron chi connectivity index (χ4n) is 4.34. The van der Waals surface area contributed by atoms with E-state index in [-0.39, 0.29) is 6.42 Å². The molecule has 9 atom stereocenters. The number of nitrogens with one attached hydrogen (secondary N) is 1. The molecule has 17 heteroatoms. The van der Waals surface area contributed by atoms with E-state index >= 15 is 0 Å². The predicted molar refractivity (Wildman–Crippen MR) is 133 cm³/mol. The van der Waals surface area contributed by atoms with Crippen molar-refractivity contribution in [1.82, 2.24) is 5.32 Å². The van der Waals surface area contributed by atoms with Gasteiger partial charge in [0, 0.05) is 48.1 Å². The smallest absolute Gasteiger partial charge is 0.303 e. The van der Waals surface area contributed by atoms with E-state index in [1.165, 1.54) is 7.05 Å². The van der Waals surface area contributed by atoms with E-state index in [4.69, 9.17) is 42.6 Å². The van der Waals surface area contributed by atoms with Crippen LogP contribution in [0.1, 0.15) is 41.0 Å². The molecular weight excluding hydrogens is 570 g/mol. The highest BCUT2D eigenvalue weighted by Crippen LogP contribution is 2.34. The number of esters is 5. The first-order valence-electron chi connectivity index (χ1n) is 13.0. The molecule has 2 heterocycles. The van der Waals surface area contributed by atoms with Crippen LogP contribution >= 0.6 is 0 Å². The zero-order valence-corrected chi connectivity index (χ0v) is 24.1. The largest absolute Gasteiger partial charge is 0.463 e. The topological polar surface area (TPSA) is 218 Å². The molecule has 0 spiro atoms. The van der Waals surface area contributed by atoms with Crippen molar-refractivity contribution >= 4 is 35.8 Å². The summed E-state index contributed by atoms with van der Waals surface area (Å²) in [7, 11) is 1.40. The van der Waals surface area contributed by atoms with Gasteiger partial charge in [-0.15, -0.1) is 0 Å². The van der Waals surface area contributed by atoms with E-state index in [9.17, 15) is 33.9 Å². The lowest BCUT2D eigenvalue weighted by molar-refractivity contribution is -0.346. The summed E-state index contributed by atoms with van der Waals surface area (Å²) < 4.78 is 49.8. The molecule has 0 aromatic heterocycles. The van der Waals surface area contributed by atoms with E-state index in [2.05, 4.69) is 5.32 Å². The first kappa shape index (κ1) is 34.8. The molecule has 0 bridgehead atoms. The van der Waals surface area contributed by atoms with E-state index in [0.717, 1.165) is 34.6 Å². The first-order chi connectivity index (χ1) is 19.7. The Labute approximate surface area is 241 Å². The molecule has 2 saturated heterocycles. The molecule has 2 fully saturated rings. The molecule has 1 amide bonds. The van der Waals surface area contributed by atoms with Crippen LogP contribution in [0.15, 0.2) is 0 Å². The van der Waals surface area contributed by atoms with Crippen LogP contribution in [0.4, 0.5) is 0 Å². The normalized spacial score (nSPS) is 30.8. The molecule has 17 nitrogen and oxygen atoms in total. The number of aliphatic hydroxyl groups is 1. The zero-order chi connectivity index (χ0) is 31.6. The van der Waals surface area contributed by atoms with Crippen LogP contribution in [0, 0.1) is 0 Å². The van der Waals surface area contributed by atoms with Crippen LogP contribution < -0.4 is 5.32 Å². The number of ether oxygens (including phenoxy) is 9. The van der Waals surface area contributed by atoms with Gasteiger partial charge in [0.05, 0.1) is 6.61 Å². The second kappa shape index (κ2) is 16.3. The molecule has 0 aromatic carbocycles. The summed E-state index contributed by atoms with van der Waals surface area (Å²) in [5.74, 6) is -4.37. The van der Waals surface area contributed by atoms with Gasteiger partial charge >= 0.3 is 29.8 Å². The lowest BCUT2D eigenvalue weighted by Crippen LogP contribution is -2.65. The number of rotatable bonds is 12. The van der Waals surface area contributed by atoms with Crippen molar-refractivity contribution in [2.24, 2.45) is 0 Å². The number of aliphatic hydroxyl groups excluding tert-OH is 1. The molecule has 2 aliphatic rings. The number of hydrogen-bond donors (Lipinski definition) is 2. The number of carbonyl (C=O) groups is 6. The van der Waals surface area contributed by atoms with Crippen molar-refractivity contribution in [3.8, 4) is 0 Å². The standard InChI is InChI=1S/C25H37NO16/c1-11(28)34-9-18-21(16(36-12(2)29)7-20(40-18)35-10-19(33)26-6)42-25-24(39-15(5)32)23(38-14(4)31)22(37-13(3)30)17(8-27)41-25/h16-18,20-25,27H,7-10H2,1-6H3,(H,26,33)/t16-,17-,18-,20-,21+,22+,23+,24-,25+/m1/s1. The average Bonchev–Trinajstić information content (AvgIpc) is 2.89. The molecule has 238 valence electrons. The lowest BCUT2D eigenvalue weighted by atomic mass is 9.97. The van der Waals surface area contributed by atoms with Crippen molar-refractivity contribution < 1.29 is 76.5 Å². The monoisotopic (exact) mass is 607 g/mol. The molecule has 0 aromatic rings. The van der Waals surface area contributed by atoms with E-state index in [1.54, 1.807) is 0 Å². The molecule has 0 saturated carbocycles. The van der Waals surface area contributed by atoms with Gasteiger partial charge in [-0.1, -0.05) is 0 Å². The molecule has 42 heavy (non-hydrogen) atoms. The highest BCUT2D eigenvalue weighted by Gasteiger charge is 2.54. The zero-order valence-electron chi connectivity index (χ0n) is 24.1. The fraction of sp³-hybridized carbons (Fsp3) is 0.760. The Morgan fingerprint density at radius 2 is 1.31 bits per heavy atom. The quantitative estimate of drug-likeness (QED) is 0.186. The first-order valence-corrected chi connectivity index (χ1v) is 13.0. The third-order valence-corrected chi connectivity index (χ3v) is 5.90. The Bertz CT molecular complexity index is 987. The molecular formula is C25H37NO16. The minimum Gasteiger partial charge on any atom is -0.463 e. The predicted octanol–water partition coefficient (Wildman–Crippen LogP) is -1.74. The van der Waals surface area contributed by atoms with E-state index in [1.807, 2.05) is 0 Å². The van der Waals surface area contributed by atoms with Gasteiger partial charge in [-0.2, -0.15) is 0 Å². The third kappa shape index (κ3) is 10.5. The second-order valence-corrected chi connectivity index (χ2v) is 9.32. The number of carbonyl (C=O) groups excluding carboxylic acids is 6. The van der Waals surface area contributed by atoms with Crippen LogP contribution in [-0.2, 0) is 71.4 Å². The van der Waals surface area contributed by atoms with Crippen molar-refractivity contribution in [1.29, 1.82) is 0 Å². The van der Waals surface area contributed by atoms with Crippen LogP contribution in [0.25, 0.3) is 0 Å². The minimum atomic E-state index is -1.63. The summed E-state index contributed by atoms with van der Waals surface area (Å²) in [6, 6.07) is 0. The van der Waals surface area contributed by atoms with Gasteiger partial charge in [0.25, 0.3) is 0 Å². The minimum absolute atomic E-state index is 0.157. The van der Waals surface area contributed by atoms with Crippen molar-refractivity contribution in [2.45, 2.75) is 96.3 Å². The van der Waals surface area contributed by atoms with Gasteiger partial charge < -0.3 is 53.1 Å². The lowest BCUT2D eigenvalue weighted by Gasteiger charge is -2.47. The van der Waals surface area contributed by atoms with Gasteiger partial charge in [-0.05, 0) is 0 Å². The molecule has 0 radical (unpaired) electrons. The summed E-state index contributed by atoms with van der Waals surface area (Å²) in [5.41, 5.74) is 0. The summed E-state index contributed by atoms with van der Waals surface area (Å²) in [5, 5.41) is 12.4. The van der Waals surface area contributed by atoms with Crippen LogP contribution in [0.3, 0.4) is 0 Å².